The topological polar surface area (TPSA) is 59.1 Å². The fourth-order valence-corrected chi connectivity index (χ4v) is 4.96. The van der Waals surface area contributed by atoms with E-state index >= 15 is 0 Å². The monoisotopic (exact) mass is 296 g/mol. The summed E-state index contributed by atoms with van der Waals surface area (Å²) in [5.41, 5.74) is 4.45. The molecule has 1 fully saturated rings. The molecule has 1 aromatic rings. The van der Waals surface area contributed by atoms with Gasteiger partial charge in [-0.3, -0.25) is 4.98 Å². The van der Waals surface area contributed by atoms with Crippen LogP contribution in [0.3, 0.4) is 0 Å². The highest BCUT2D eigenvalue weighted by Gasteiger charge is 2.31. The third-order valence-electron chi connectivity index (χ3n) is 4.13. The summed E-state index contributed by atoms with van der Waals surface area (Å²) in [6, 6.07) is 2.20. The fraction of sp³-hybridized carbons (Fsp3) is 0.667. The molecule has 112 valence electrons. The van der Waals surface area contributed by atoms with Crippen molar-refractivity contribution in [2.24, 2.45) is 0 Å². The van der Waals surface area contributed by atoms with Crippen molar-refractivity contribution >= 4 is 9.84 Å². The maximum Gasteiger partial charge on any atom is 0.154 e. The summed E-state index contributed by atoms with van der Waals surface area (Å²) in [6.07, 6.45) is 1.58. The number of pyridine rings is 1. The Kier molecular flexibility index (Phi) is 4.49. The van der Waals surface area contributed by atoms with Crippen LogP contribution in [0.4, 0.5) is 0 Å². The Morgan fingerprint density at radius 2 is 2.10 bits per heavy atom. The van der Waals surface area contributed by atoms with Gasteiger partial charge < -0.3 is 5.32 Å². The Balaban J connectivity index is 2.08. The highest BCUT2D eigenvalue weighted by molar-refractivity contribution is 7.92. The molecule has 1 aliphatic rings. The minimum Gasteiger partial charge on any atom is -0.309 e. The molecule has 4 nitrogen and oxygen atoms in total. The number of rotatable bonds is 4. The van der Waals surface area contributed by atoms with Crippen LogP contribution in [-0.4, -0.2) is 30.9 Å². The number of hydrogen-bond acceptors (Lipinski definition) is 4. The predicted molar refractivity (Wildman–Crippen MR) is 81.7 cm³/mol. The molecule has 2 unspecified atom stereocenters. The van der Waals surface area contributed by atoms with E-state index in [-0.39, 0.29) is 11.3 Å². The minimum absolute atomic E-state index is 0.124. The van der Waals surface area contributed by atoms with Gasteiger partial charge in [0.2, 0.25) is 0 Å². The molecule has 0 spiro atoms. The molecule has 1 saturated heterocycles. The van der Waals surface area contributed by atoms with Crippen LogP contribution in [0.1, 0.15) is 48.3 Å². The minimum atomic E-state index is -2.87. The Bertz CT molecular complexity index is 573. The Hall–Kier alpha value is -0.940. The molecular weight excluding hydrogens is 272 g/mol. The molecule has 2 rings (SSSR count). The number of hydrogen-bond donors (Lipinski definition) is 1. The zero-order chi connectivity index (χ0) is 14.9. The molecule has 5 heteroatoms. The van der Waals surface area contributed by atoms with Crippen LogP contribution >= 0.6 is 0 Å². The fourth-order valence-electron chi connectivity index (χ4n) is 3.19. The molecule has 0 saturated carbocycles. The van der Waals surface area contributed by atoms with Crippen molar-refractivity contribution in [3.05, 3.63) is 28.6 Å². The van der Waals surface area contributed by atoms with Crippen LogP contribution < -0.4 is 5.32 Å². The summed E-state index contributed by atoms with van der Waals surface area (Å²) in [7, 11) is -2.87. The largest absolute Gasteiger partial charge is 0.309 e. The number of aryl methyl sites for hydroxylation is 3. The van der Waals surface area contributed by atoms with Gasteiger partial charge in [-0.2, -0.15) is 0 Å². The number of aromatic nitrogens is 1. The summed E-state index contributed by atoms with van der Waals surface area (Å²) in [4.78, 5) is 4.51. The second-order valence-electron chi connectivity index (χ2n) is 5.84. The van der Waals surface area contributed by atoms with Crippen molar-refractivity contribution in [3.8, 4) is 0 Å². The molecule has 1 N–H and O–H groups in total. The first kappa shape index (κ1) is 15.4. The highest BCUT2D eigenvalue weighted by atomic mass is 32.2. The van der Waals surface area contributed by atoms with Crippen molar-refractivity contribution in [2.45, 2.75) is 51.8 Å². The molecule has 0 amide bonds. The lowest BCUT2D eigenvalue weighted by molar-refractivity contribution is 0.534. The lowest BCUT2D eigenvalue weighted by Crippen LogP contribution is -2.32. The van der Waals surface area contributed by atoms with Gasteiger partial charge in [-0.15, -0.1) is 0 Å². The van der Waals surface area contributed by atoms with E-state index in [1.54, 1.807) is 0 Å². The van der Waals surface area contributed by atoms with Crippen LogP contribution in [0, 0.1) is 20.8 Å². The van der Waals surface area contributed by atoms with Gasteiger partial charge >= 0.3 is 0 Å². The van der Waals surface area contributed by atoms with Crippen LogP contribution in [0.2, 0.25) is 0 Å². The average molecular weight is 296 g/mol. The zero-order valence-corrected chi connectivity index (χ0v) is 13.5. The molecule has 0 aromatic carbocycles. The van der Waals surface area contributed by atoms with Gasteiger partial charge in [-0.1, -0.05) is 0 Å². The zero-order valence-electron chi connectivity index (χ0n) is 12.7. The Morgan fingerprint density at radius 1 is 1.40 bits per heavy atom. The lowest BCUT2D eigenvalue weighted by Gasteiger charge is -2.21. The first-order valence-electron chi connectivity index (χ1n) is 7.21. The summed E-state index contributed by atoms with van der Waals surface area (Å²) in [5.74, 6) is 0.345. The van der Waals surface area contributed by atoms with Crippen LogP contribution in [-0.2, 0) is 9.84 Å². The highest BCUT2D eigenvalue weighted by Crippen LogP contribution is 2.23. The average Bonchev–Trinajstić information content (AvgIpc) is 2.64. The molecule has 1 aliphatic heterocycles. The SMILES string of the molecule is Cc1cc(C)c(C(C)NCC2CCCS2(=O)=O)c(C)n1. The molecule has 0 radical (unpaired) electrons. The first-order chi connectivity index (χ1) is 9.31. The van der Waals surface area contributed by atoms with Crippen molar-refractivity contribution in [1.29, 1.82) is 0 Å². The van der Waals surface area contributed by atoms with Gasteiger partial charge in [0.15, 0.2) is 9.84 Å². The van der Waals surface area contributed by atoms with Gasteiger partial charge in [0.05, 0.1) is 11.0 Å². The third-order valence-corrected chi connectivity index (χ3v) is 6.41. The smallest absolute Gasteiger partial charge is 0.154 e. The molecule has 2 heterocycles. The van der Waals surface area contributed by atoms with Crippen LogP contribution in [0.5, 0.6) is 0 Å². The molecule has 20 heavy (non-hydrogen) atoms. The number of nitrogens with zero attached hydrogens (tertiary/aromatic N) is 1. The van der Waals surface area contributed by atoms with E-state index in [9.17, 15) is 8.42 Å². The van der Waals surface area contributed by atoms with E-state index in [2.05, 4.69) is 30.2 Å². The van der Waals surface area contributed by atoms with Gasteiger partial charge in [0.1, 0.15) is 0 Å². The molecule has 2 atom stereocenters. The van der Waals surface area contributed by atoms with Crippen LogP contribution in [0.15, 0.2) is 6.07 Å². The maximum atomic E-state index is 11.8. The second-order valence-corrected chi connectivity index (χ2v) is 8.24. The Morgan fingerprint density at radius 3 is 2.65 bits per heavy atom. The number of sulfone groups is 1. The van der Waals surface area contributed by atoms with Gasteiger partial charge in [0.25, 0.3) is 0 Å². The maximum absolute atomic E-state index is 11.8. The van der Waals surface area contributed by atoms with E-state index in [0.29, 0.717) is 12.3 Å². The first-order valence-corrected chi connectivity index (χ1v) is 8.92. The van der Waals surface area contributed by atoms with E-state index in [1.807, 2.05) is 13.8 Å². The lowest BCUT2D eigenvalue weighted by atomic mass is 10.0. The van der Waals surface area contributed by atoms with E-state index < -0.39 is 9.84 Å². The summed E-state index contributed by atoms with van der Waals surface area (Å²) >= 11 is 0. The van der Waals surface area contributed by atoms with Crippen molar-refractivity contribution in [1.82, 2.24) is 10.3 Å². The Labute approximate surface area is 121 Å². The van der Waals surface area contributed by atoms with Crippen molar-refractivity contribution in [3.63, 3.8) is 0 Å². The van der Waals surface area contributed by atoms with Gasteiger partial charge in [0, 0.05) is 24.0 Å². The predicted octanol–water partition coefficient (Wildman–Crippen LogP) is 2.23. The summed E-state index contributed by atoms with van der Waals surface area (Å²) in [5, 5.41) is 3.16. The summed E-state index contributed by atoms with van der Waals surface area (Å²) in [6.45, 7) is 8.71. The standard InChI is InChI=1S/C15H24N2O2S/c1-10-8-11(2)17-13(4)15(10)12(3)16-9-14-6-5-7-20(14,18)19/h8,12,14,16H,5-7,9H2,1-4H3. The normalized spacial score (nSPS) is 22.9. The van der Waals surface area contributed by atoms with E-state index in [1.165, 1.54) is 11.1 Å². The molecule has 0 bridgehead atoms. The van der Waals surface area contributed by atoms with Crippen molar-refractivity contribution < 1.29 is 8.42 Å². The van der Waals surface area contributed by atoms with E-state index in [4.69, 9.17) is 0 Å². The molecule has 1 aromatic heterocycles. The third kappa shape index (κ3) is 3.20. The quantitative estimate of drug-likeness (QED) is 0.925. The number of nitrogens with one attached hydrogen (secondary N) is 1. The summed E-state index contributed by atoms with van der Waals surface area (Å²) < 4.78 is 23.7. The molecule has 0 aliphatic carbocycles. The van der Waals surface area contributed by atoms with Gasteiger partial charge in [-0.05, 0) is 57.7 Å². The van der Waals surface area contributed by atoms with Crippen molar-refractivity contribution in [2.75, 3.05) is 12.3 Å². The van der Waals surface area contributed by atoms with Gasteiger partial charge in [-0.25, -0.2) is 8.42 Å². The van der Waals surface area contributed by atoms with E-state index in [0.717, 1.165) is 24.2 Å². The second kappa shape index (κ2) is 5.82. The molecular formula is C15H24N2O2S. The van der Waals surface area contributed by atoms with Crippen LogP contribution in [0.25, 0.3) is 0 Å².